The van der Waals surface area contributed by atoms with E-state index in [1.807, 2.05) is 24.3 Å². The first-order valence-corrected chi connectivity index (χ1v) is 26.4. The zero-order valence-corrected chi connectivity index (χ0v) is 37.7. The molecule has 1 aromatic carbocycles. The van der Waals surface area contributed by atoms with Crippen molar-refractivity contribution in [2.24, 2.45) is 23.2 Å². The van der Waals surface area contributed by atoms with E-state index >= 15 is 0 Å². The van der Waals surface area contributed by atoms with Gasteiger partial charge in [-0.2, -0.15) is 0 Å². The lowest BCUT2D eigenvalue weighted by atomic mass is 9.60. The van der Waals surface area contributed by atoms with Crippen LogP contribution in [0.2, 0.25) is 36.3 Å². The maximum atomic E-state index is 12.0. The highest BCUT2D eigenvalue weighted by atomic mass is 28.4. The van der Waals surface area contributed by atoms with E-state index in [0.717, 1.165) is 55.8 Å². The third-order valence-corrected chi connectivity index (χ3v) is 23.3. The van der Waals surface area contributed by atoms with Crippen LogP contribution in [0.1, 0.15) is 145 Å². The molecule has 52 heavy (non-hydrogen) atoms. The summed E-state index contributed by atoms with van der Waals surface area (Å²) in [6.45, 7) is 30.3. The third-order valence-electron chi connectivity index (χ3n) is 14.2. The number of rotatable bonds is 13. The summed E-state index contributed by atoms with van der Waals surface area (Å²) in [4.78, 5) is 12.0. The van der Waals surface area contributed by atoms with Crippen molar-refractivity contribution in [3.63, 3.8) is 0 Å². The number of ether oxygens (including phenoxy) is 2. The second kappa shape index (κ2) is 17.0. The van der Waals surface area contributed by atoms with E-state index in [4.69, 9.17) is 18.3 Å². The van der Waals surface area contributed by atoms with Crippen molar-refractivity contribution >= 4 is 22.6 Å². The van der Waals surface area contributed by atoms with E-state index in [1.54, 1.807) is 12.7 Å². The van der Waals surface area contributed by atoms with Crippen LogP contribution in [0.15, 0.2) is 47.6 Å². The van der Waals surface area contributed by atoms with Crippen LogP contribution in [0.5, 0.6) is 5.75 Å². The van der Waals surface area contributed by atoms with Gasteiger partial charge >= 0.3 is 5.97 Å². The Morgan fingerprint density at radius 3 is 2.00 bits per heavy atom. The van der Waals surface area contributed by atoms with Gasteiger partial charge < -0.3 is 18.3 Å². The smallest absolute Gasteiger partial charge is 0.303 e. The largest absolute Gasteiger partial charge is 0.497 e. The summed E-state index contributed by atoms with van der Waals surface area (Å²) < 4.78 is 25.4. The van der Waals surface area contributed by atoms with E-state index in [2.05, 4.69) is 93.7 Å². The molecule has 0 aromatic heterocycles. The van der Waals surface area contributed by atoms with Gasteiger partial charge in [0.05, 0.1) is 19.3 Å². The number of fused-ring (bicyclic) bond motifs is 1. The van der Waals surface area contributed by atoms with E-state index in [1.165, 1.54) is 44.6 Å². The molecule has 0 aliphatic heterocycles. The Labute approximate surface area is 321 Å². The highest BCUT2D eigenvalue weighted by Crippen LogP contribution is 2.60. The van der Waals surface area contributed by atoms with Gasteiger partial charge in [0.1, 0.15) is 11.9 Å². The predicted molar refractivity (Wildman–Crippen MR) is 223 cm³/mol. The first-order valence-electron chi connectivity index (χ1n) is 20.6. The van der Waals surface area contributed by atoms with E-state index in [9.17, 15) is 4.79 Å². The van der Waals surface area contributed by atoms with Crippen LogP contribution in [-0.4, -0.2) is 41.9 Å². The fourth-order valence-electron chi connectivity index (χ4n) is 9.21. The average molecular weight is 753 g/mol. The van der Waals surface area contributed by atoms with Gasteiger partial charge in [0.15, 0.2) is 16.6 Å². The quantitative estimate of drug-likeness (QED) is 0.148. The Morgan fingerprint density at radius 2 is 1.48 bits per heavy atom. The second-order valence-corrected chi connectivity index (χ2v) is 29.6. The molecular weight excluding hydrogens is 677 g/mol. The van der Waals surface area contributed by atoms with Gasteiger partial charge in [-0.15, -0.1) is 0 Å². The minimum absolute atomic E-state index is 0.190. The number of hydrogen-bond donors (Lipinski definition) is 0. The van der Waals surface area contributed by atoms with Crippen molar-refractivity contribution in [3.8, 4) is 5.75 Å². The van der Waals surface area contributed by atoms with Crippen LogP contribution in [0, 0.1) is 23.2 Å². The molecule has 3 aliphatic carbocycles. The number of carbonyl (C=O) groups excluding carboxylic acids is 1. The summed E-state index contributed by atoms with van der Waals surface area (Å²) in [6.07, 6.45) is 17.9. The van der Waals surface area contributed by atoms with Gasteiger partial charge in [0.25, 0.3) is 0 Å². The molecule has 0 heterocycles. The number of hydrogen-bond acceptors (Lipinski definition) is 5. The SMILES string of the molecule is COc1ccc(C(CCC[C@@H](C)[C@H]2CC[C@H]3/C(=C/C=C4C[C@@H](O[Si](C)(C)C(C)(C)C)C[C@H](O[Si](C)(C)C(C)(C)C)C4)CCC[C@]23C)OC(C)=O)cc1. The zero-order chi connectivity index (χ0) is 38.7. The number of benzene rings is 1. The van der Waals surface area contributed by atoms with E-state index in [0.29, 0.717) is 17.3 Å². The van der Waals surface area contributed by atoms with Crippen LogP contribution in [0.4, 0.5) is 0 Å². The second-order valence-electron chi connectivity index (χ2n) is 20.1. The van der Waals surface area contributed by atoms with E-state index in [-0.39, 0.29) is 34.4 Å². The zero-order valence-electron chi connectivity index (χ0n) is 35.7. The molecule has 0 radical (unpaired) electrons. The van der Waals surface area contributed by atoms with Crippen LogP contribution in [0.25, 0.3) is 0 Å². The molecule has 0 N–H and O–H groups in total. The van der Waals surface area contributed by atoms with Crippen LogP contribution < -0.4 is 4.74 Å². The molecule has 294 valence electrons. The van der Waals surface area contributed by atoms with Gasteiger partial charge in [0.2, 0.25) is 0 Å². The van der Waals surface area contributed by atoms with Crippen LogP contribution in [0.3, 0.4) is 0 Å². The number of esters is 1. The topological polar surface area (TPSA) is 54.0 Å². The minimum atomic E-state index is -1.91. The normalized spacial score (nSPS) is 28.0. The summed E-state index contributed by atoms with van der Waals surface area (Å²) in [5, 5.41) is 0.380. The molecule has 1 aromatic rings. The van der Waals surface area contributed by atoms with Crippen molar-refractivity contribution in [2.45, 2.75) is 188 Å². The van der Waals surface area contributed by atoms with E-state index < -0.39 is 16.6 Å². The fraction of sp³-hybridized carbons (Fsp3) is 0.756. The summed E-state index contributed by atoms with van der Waals surface area (Å²) in [7, 11) is -2.14. The summed E-state index contributed by atoms with van der Waals surface area (Å²) in [6, 6.07) is 7.96. The number of allylic oxidation sites excluding steroid dienone is 3. The van der Waals surface area contributed by atoms with Crippen molar-refractivity contribution in [2.75, 3.05) is 7.11 Å². The Morgan fingerprint density at radius 1 is 0.904 bits per heavy atom. The maximum Gasteiger partial charge on any atom is 0.303 e. The lowest BCUT2D eigenvalue weighted by Crippen LogP contribution is -2.48. The fourth-order valence-corrected chi connectivity index (χ4v) is 11.9. The van der Waals surface area contributed by atoms with Gasteiger partial charge in [-0.1, -0.05) is 97.2 Å². The van der Waals surface area contributed by atoms with Crippen molar-refractivity contribution in [1.29, 1.82) is 0 Å². The maximum absolute atomic E-state index is 12.0. The number of methoxy groups -OCH3 is 1. The van der Waals surface area contributed by atoms with Crippen molar-refractivity contribution < 1.29 is 23.1 Å². The summed E-state index contributed by atoms with van der Waals surface area (Å²) in [5.41, 5.74) is 4.59. The lowest BCUT2D eigenvalue weighted by molar-refractivity contribution is -0.147. The highest BCUT2D eigenvalue weighted by molar-refractivity contribution is 6.74. The predicted octanol–water partition coefficient (Wildman–Crippen LogP) is 13.1. The molecule has 5 nitrogen and oxygen atoms in total. The van der Waals surface area contributed by atoms with Gasteiger partial charge in [-0.05, 0) is 141 Å². The summed E-state index contributed by atoms with van der Waals surface area (Å²) in [5.74, 6) is 2.63. The number of carbonyl (C=O) groups is 1. The molecule has 3 aliphatic rings. The summed E-state index contributed by atoms with van der Waals surface area (Å²) >= 11 is 0. The Balaban J connectivity index is 1.46. The van der Waals surface area contributed by atoms with Crippen LogP contribution in [-0.2, 0) is 18.4 Å². The lowest BCUT2D eigenvalue weighted by Gasteiger charge is -2.45. The molecule has 0 bridgehead atoms. The Hall–Kier alpha value is -1.68. The first-order chi connectivity index (χ1) is 24.1. The standard InChI is InChI=1S/C45H76O5Si2/c1-32(17-15-19-42(48-33(2)46)36-22-24-37(47-10)25-23-36)40-26-27-41-35(18-16-28-45(40,41)9)21-20-34-29-38(49-51(11,12)43(3,4)5)31-39(30-34)50-52(13,14)44(6,7)8/h20-25,32,38-42H,15-19,26-31H2,1-14H3/b35-21+/t32-,38-,39-,40-,41+,42?,45-/m1/s1. The molecule has 7 heteroatoms. The molecule has 1 unspecified atom stereocenters. The van der Waals surface area contributed by atoms with Crippen molar-refractivity contribution in [1.82, 2.24) is 0 Å². The molecule has 0 amide bonds. The molecule has 3 fully saturated rings. The molecule has 7 atom stereocenters. The van der Waals surface area contributed by atoms with Gasteiger partial charge in [-0.3, -0.25) is 4.79 Å². The first kappa shape index (κ1) is 43.1. The molecule has 0 spiro atoms. The van der Waals surface area contributed by atoms with Crippen molar-refractivity contribution in [3.05, 3.63) is 53.1 Å². The van der Waals surface area contributed by atoms with Gasteiger partial charge in [-0.25, -0.2) is 0 Å². The molecule has 3 saturated carbocycles. The van der Waals surface area contributed by atoms with Gasteiger partial charge in [0, 0.05) is 6.92 Å². The molecule has 4 rings (SSSR count). The Bertz CT molecular complexity index is 1360. The molecule has 0 saturated heterocycles. The monoisotopic (exact) mass is 753 g/mol. The third kappa shape index (κ3) is 10.5. The molecular formula is C45H76O5Si2. The minimum Gasteiger partial charge on any atom is -0.497 e. The average Bonchev–Trinajstić information content (AvgIpc) is 3.39. The van der Waals surface area contributed by atoms with Crippen LogP contribution >= 0.6 is 0 Å². The highest BCUT2D eigenvalue weighted by Gasteiger charge is 2.50. The Kier molecular flexibility index (Phi) is 14.1.